The van der Waals surface area contributed by atoms with Gasteiger partial charge in [0.25, 0.3) is 0 Å². The van der Waals surface area contributed by atoms with Crippen molar-refractivity contribution in [2.75, 3.05) is 0 Å². The molecule has 0 amide bonds. The van der Waals surface area contributed by atoms with E-state index in [0.717, 1.165) is 51.4 Å². The van der Waals surface area contributed by atoms with Gasteiger partial charge in [-0.15, -0.1) is 0 Å². The van der Waals surface area contributed by atoms with E-state index >= 15 is 0 Å². The number of rotatable bonds is 4. The molecule has 0 saturated heterocycles. The van der Waals surface area contributed by atoms with Crippen LogP contribution in [0.4, 0.5) is 0 Å². The van der Waals surface area contributed by atoms with E-state index in [0.29, 0.717) is 35.9 Å². The number of hydrogen-bond acceptors (Lipinski definition) is 3. The molecule has 4 heteroatoms. The van der Waals surface area contributed by atoms with Gasteiger partial charge in [0.1, 0.15) is 5.78 Å². The third-order valence-corrected chi connectivity index (χ3v) is 9.58. The first-order valence-electron chi connectivity index (χ1n) is 12.2. The Hall–Kier alpha value is -0.900. The molecule has 4 saturated carbocycles. The fraction of sp³-hybridized carbons (Fsp3) is 0.920. The van der Waals surface area contributed by atoms with Gasteiger partial charge in [0, 0.05) is 18.8 Å². The molecule has 0 heterocycles. The fourth-order valence-electron chi connectivity index (χ4n) is 7.99. The van der Waals surface area contributed by atoms with E-state index in [9.17, 15) is 14.7 Å². The van der Waals surface area contributed by atoms with Gasteiger partial charge in [-0.25, -0.2) is 0 Å². The second kappa shape index (κ2) is 8.69. The highest BCUT2D eigenvalue weighted by atomic mass is 16.4. The zero-order valence-electron chi connectivity index (χ0n) is 19.0. The van der Waals surface area contributed by atoms with E-state index in [1.807, 2.05) is 13.8 Å². The molecular weight excluding hydrogens is 364 g/mol. The van der Waals surface area contributed by atoms with Crippen LogP contribution >= 0.6 is 0 Å². The summed E-state index contributed by atoms with van der Waals surface area (Å²) in [5.41, 5.74) is 0.438. The van der Waals surface area contributed by atoms with E-state index in [1.165, 1.54) is 6.42 Å². The Labute approximate surface area is 176 Å². The quantitative estimate of drug-likeness (QED) is 0.649. The minimum Gasteiger partial charge on any atom is -0.481 e. The summed E-state index contributed by atoms with van der Waals surface area (Å²) >= 11 is 0. The zero-order valence-corrected chi connectivity index (χ0v) is 19.0. The lowest BCUT2D eigenvalue weighted by atomic mass is 9.44. The lowest BCUT2D eigenvalue weighted by Gasteiger charge is -2.60. The smallest absolute Gasteiger partial charge is 0.303 e. The van der Waals surface area contributed by atoms with Crippen LogP contribution in [-0.4, -0.2) is 28.1 Å². The molecule has 4 fully saturated rings. The molecule has 8 atom stereocenters. The number of aliphatic hydroxyl groups is 1. The van der Waals surface area contributed by atoms with Crippen molar-refractivity contribution in [2.24, 2.45) is 40.4 Å². The largest absolute Gasteiger partial charge is 0.481 e. The third kappa shape index (κ3) is 3.91. The van der Waals surface area contributed by atoms with Gasteiger partial charge in [0.2, 0.25) is 0 Å². The van der Waals surface area contributed by atoms with Crippen molar-refractivity contribution < 1.29 is 19.8 Å². The Balaban J connectivity index is 0.00000117. The van der Waals surface area contributed by atoms with E-state index in [1.54, 1.807) is 0 Å². The van der Waals surface area contributed by atoms with Crippen LogP contribution in [0.25, 0.3) is 0 Å². The van der Waals surface area contributed by atoms with Gasteiger partial charge < -0.3 is 10.2 Å². The lowest BCUT2D eigenvalue weighted by Crippen LogP contribution is -2.57. The number of Topliss-reactive ketones (excluding diaryl/α,β-unsaturated/α-hetero) is 1. The highest BCUT2D eigenvalue weighted by Gasteiger charge is 2.62. The molecule has 0 bridgehead atoms. The molecule has 29 heavy (non-hydrogen) atoms. The number of carbonyl (C=O) groups excluding carboxylic acids is 1. The minimum absolute atomic E-state index is 0.213. The van der Waals surface area contributed by atoms with Crippen molar-refractivity contribution in [1.29, 1.82) is 0 Å². The SMILES string of the molecule is CC.CC12CC[C@H]3C(C(=O)CC4C[C@H](O)CCC43C)C1CCC2CCCC(=O)O. The molecule has 4 rings (SSSR count). The molecule has 0 aromatic carbocycles. The molecule has 2 N–H and O–H groups in total. The number of hydrogen-bond donors (Lipinski definition) is 2. The van der Waals surface area contributed by atoms with Gasteiger partial charge in [0.15, 0.2) is 0 Å². The van der Waals surface area contributed by atoms with Crippen LogP contribution in [0.5, 0.6) is 0 Å². The highest BCUT2D eigenvalue weighted by molar-refractivity contribution is 5.83. The Morgan fingerprint density at radius 1 is 1.03 bits per heavy atom. The molecule has 0 aromatic heterocycles. The summed E-state index contributed by atoms with van der Waals surface area (Å²) in [7, 11) is 0. The van der Waals surface area contributed by atoms with Gasteiger partial charge in [-0.3, -0.25) is 9.59 Å². The van der Waals surface area contributed by atoms with Crippen LogP contribution in [0.3, 0.4) is 0 Å². The molecule has 0 aliphatic heterocycles. The minimum atomic E-state index is -0.695. The van der Waals surface area contributed by atoms with Crippen molar-refractivity contribution >= 4 is 11.8 Å². The van der Waals surface area contributed by atoms with Crippen molar-refractivity contribution in [2.45, 2.75) is 104 Å². The third-order valence-electron chi connectivity index (χ3n) is 9.58. The second-order valence-electron chi connectivity index (χ2n) is 10.6. The van der Waals surface area contributed by atoms with E-state index in [4.69, 9.17) is 5.11 Å². The molecule has 166 valence electrons. The van der Waals surface area contributed by atoms with E-state index < -0.39 is 5.97 Å². The maximum absolute atomic E-state index is 13.3. The summed E-state index contributed by atoms with van der Waals surface area (Å²) in [4.78, 5) is 24.2. The molecule has 0 radical (unpaired) electrons. The molecule has 4 aliphatic carbocycles. The standard InChI is InChI=1S/C23H36O4.C2H6/c1-22-11-9-18-21(17(22)7-6-14(22)4-3-5-20(26)27)19(25)13-15-12-16(24)8-10-23(15,18)2;1-2/h14-18,21,24H,3-13H2,1-2H3,(H,26,27);1-2H3/t14?,15?,16-,17?,18+,21?,22?,23?;/m1./s1. The van der Waals surface area contributed by atoms with Crippen molar-refractivity contribution in [3.05, 3.63) is 0 Å². The zero-order chi connectivity index (χ0) is 21.4. The fourth-order valence-corrected chi connectivity index (χ4v) is 7.99. The number of carboxylic acids is 1. The van der Waals surface area contributed by atoms with Gasteiger partial charge in [-0.05, 0) is 92.3 Å². The average molecular weight is 407 g/mol. The average Bonchev–Trinajstić information content (AvgIpc) is 3.01. The number of ketones is 1. The van der Waals surface area contributed by atoms with Crippen LogP contribution < -0.4 is 0 Å². The lowest BCUT2D eigenvalue weighted by molar-refractivity contribution is -0.160. The molecule has 6 unspecified atom stereocenters. The maximum Gasteiger partial charge on any atom is 0.303 e. The number of carbonyl (C=O) groups is 2. The summed E-state index contributed by atoms with van der Waals surface area (Å²) in [6.07, 6.45) is 9.89. The molecule has 0 aromatic rings. The van der Waals surface area contributed by atoms with E-state index in [-0.39, 0.29) is 29.3 Å². The number of fused-ring (bicyclic) bond motifs is 5. The second-order valence-corrected chi connectivity index (χ2v) is 10.6. The first-order valence-corrected chi connectivity index (χ1v) is 12.2. The summed E-state index contributed by atoms with van der Waals surface area (Å²) in [5, 5.41) is 19.1. The van der Waals surface area contributed by atoms with Crippen LogP contribution in [-0.2, 0) is 9.59 Å². The van der Waals surface area contributed by atoms with Gasteiger partial charge in [-0.1, -0.05) is 27.7 Å². The summed E-state index contributed by atoms with van der Waals surface area (Å²) < 4.78 is 0. The Morgan fingerprint density at radius 2 is 1.69 bits per heavy atom. The van der Waals surface area contributed by atoms with Gasteiger partial charge in [0.05, 0.1) is 6.10 Å². The molecule has 4 nitrogen and oxygen atoms in total. The normalized spacial score (nSPS) is 46.0. The van der Waals surface area contributed by atoms with Crippen LogP contribution in [0.15, 0.2) is 0 Å². The number of aliphatic hydroxyl groups excluding tert-OH is 1. The van der Waals surface area contributed by atoms with Gasteiger partial charge >= 0.3 is 5.97 Å². The summed E-state index contributed by atoms with van der Waals surface area (Å²) in [5.74, 6) is 1.92. The van der Waals surface area contributed by atoms with E-state index in [2.05, 4.69) is 13.8 Å². The molecular formula is C25H42O4. The number of aliphatic carboxylic acids is 1. The molecule has 0 spiro atoms. The van der Waals surface area contributed by atoms with Crippen molar-refractivity contribution in [3.63, 3.8) is 0 Å². The first-order chi connectivity index (χ1) is 13.8. The Kier molecular flexibility index (Phi) is 6.82. The topological polar surface area (TPSA) is 74.6 Å². The monoisotopic (exact) mass is 406 g/mol. The summed E-state index contributed by atoms with van der Waals surface area (Å²) in [6, 6.07) is 0. The predicted octanol–water partition coefficient (Wildman–Crippen LogP) is 5.47. The van der Waals surface area contributed by atoms with Gasteiger partial charge in [-0.2, -0.15) is 0 Å². The number of carboxylic acid groups (broad SMARTS) is 1. The van der Waals surface area contributed by atoms with Crippen molar-refractivity contribution in [3.8, 4) is 0 Å². The summed E-state index contributed by atoms with van der Waals surface area (Å²) in [6.45, 7) is 8.81. The maximum atomic E-state index is 13.3. The first kappa shape index (κ1) is 22.8. The Morgan fingerprint density at radius 3 is 2.38 bits per heavy atom. The van der Waals surface area contributed by atoms with Crippen LogP contribution in [0.2, 0.25) is 0 Å². The van der Waals surface area contributed by atoms with Crippen LogP contribution in [0.1, 0.15) is 98.3 Å². The van der Waals surface area contributed by atoms with Crippen molar-refractivity contribution in [1.82, 2.24) is 0 Å². The predicted molar refractivity (Wildman–Crippen MR) is 114 cm³/mol. The molecule has 4 aliphatic rings. The highest BCUT2D eigenvalue weighted by Crippen LogP contribution is 2.67. The van der Waals surface area contributed by atoms with Crippen LogP contribution in [0, 0.1) is 40.4 Å². The Bertz CT molecular complexity index is 616.